The van der Waals surface area contributed by atoms with Crippen LogP contribution in [0.25, 0.3) is 0 Å². The number of hydrogen-bond donors (Lipinski definition) is 1. The third kappa shape index (κ3) is 5.08. The quantitative estimate of drug-likeness (QED) is 0.762. The van der Waals surface area contributed by atoms with Crippen molar-refractivity contribution in [3.05, 3.63) is 29.1 Å². The number of amides is 2. The van der Waals surface area contributed by atoms with E-state index in [9.17, 15) is 18.4 Å². The summed E-state index contributed by atoms with van der Waals surface area (Å²) in [5, 5.41) is 2.76. The molecule has 1 aromatic carbocycles. The molecule has 1 aliphatic heterocycles. The number of carbonyl (C=O) groups is 2. The number of anilines is 1. The Bertz CT molecular complexity index is 817. The maximum Gasteiger partial charge on any atom is 0.230 e. The number of alkyl halides is 1. The Morgan fingerprint density at radius 3 is 2.39 bits per heavy atom. The molecule has 2 aliphatic carbocycles. The molecule has 3 aliphatic rings. The number of rotatable bonds is 5. The van der Waals surface area contributed by atoms with Gasteiger partial charge in [0.2, 0.25) is 11.8 Å². The van der Waals surface area contributed by atoms with E-state index in [0.29, 0.717) is 50.5 Å². The van der Waals surface area contributed by atoms with Crippen molar-refractivity contribution in [3.63, 3.8) is 0 Å². The SMILES string of the molecule is Cc1c(CN2CCN(C(=O)C3CCCC3)CC2)cc(F)cc1NC(=O)C1CCCC1F. The maximum absolute atomic E-state index is 14.3. The zero-order valence-corrected chi connectivity index (χ0v) is 18.3. The Morgan fingerprint density at radius 1 is 1.03 bits per heavy atom. The van der Waals surface area contributed by atoms with Crippen LogP contribution in [0, 0.1) is 24.6 Å². The van der Waals surface area contributed by atoms with Crippen molar-refractivity contribution < 1.29 is 18.4 Å². The van der Waals surface area contributed by atoms with Crippen LogP contribution in [-0.4, -0.2) is 54.0 Å². The molecule has 0 aromatic heterocycles. The van der Waals surface area contributed by atoms with E-state index in [-0.39, 0.29) is 11.8 Å². The summed E-state index contributed by atoms with van der Waals surface area (Å²) in [5.41, 5.74) is 2.05. The number of carbonyl (C=O) groups excluding carboxylic acids is 2. The van der Waals surface area contributed by atoms with Crippen LogP contribution >= 0.6 is 0 Å². The first-order valence-corrected chi connectivity index (χ1v) is 11.7. The lowest BCUT2D eigenvalue weighted by molar-refractivity contribution is -0.137. The summed E-state index contributed by atoms with van der Waals surface area (Å²) in [6.45, 7) is 5.34. The third-order valence-electron chi connectivity index (χ3n) is 7.29. The van der Waals surface area contributed by atoms with Crippen molar-refractivity contribution in [1.29, 1.82) is 0 Å². The topological polar surface area (TPSA) is 52.6 Å². The van der Waals surface area contributed by atoms with E-state index in [1.807, 2.05) is 11.8 Å². The number of benzene rings is 1. The van der Waals surface area contributed by atoms with Crippen LogP contribution in [0.15, 0.2) is 12.1 Å². The number of piperazine rings is 1. The van der Waals surface area contributed by atoms with Gasteiger partial charge in [-0.15, -0.1) is 0 Å². The van der Waals surface area contributed by atoms with Gasteiger partial charge in [-0.25, -0.2) is 8.78 Å². The third-order valence-corrected chi connectivity index (χ3v) is 7.29. The highest BCUT2D eigenvalue weighted by atomic mass is 19.1. The minimum atomic E-state index is -1.11. The van der Waals surface area contributed by atoms with Crippen LogP contribution in [0.4, 0.5) is 14.5 Å². The maximum atomic E-state index is 14.3. The number of hydrogen-bond acceptors (Lipinski definition) is 3. The molecule has 0 radical (unpaired) electrons. The second-order valence-electron chi connectivity index (χ2n) is 9.36. The fourth-order valence-electron chi connectivity index (χ4n) is 5.26. The number of nitrogens with zero attached hydrogens (tertiary/aromatic N) is 2. The van der Waals surface area contributed by atoms with Gasteiger partial charge in [-0.1, -0.05) is 12.8 Å². The first-order chi connectivity index (χ1) is 14.9. The van der Waals surface area contributed by atoms with E-state index in [0.717, 1.165) is 49.9 Å². The highest BCUT2D eigenvalue weighted by molar-refractivity contribution is 5.94. The minimum absolute atomic E-state index is 0.201. The zero-order chi connectivity index (χ0) is 22.0. The van der Waals surface area contributed by atoms with Crippen molar-refractivity contribution in [2.75, 3.05) is 31.5 Å². The largest absolute Gasteiger partial charge is 0.340 e. The van der Waals surface area contributed by atoms with Gasteiger partial charge in [-0.05, 0) is 62.3 Å². The molecule has 1 N–H and O–H groups in total. The lowest BCUT2D eigenvalue weighted by atomic mass is 10.0. The van der Waals surface area contributed by atoms with Gasteiger partial charge in [0, 0.05) is 44.3 Å². The van der Waals surface area contributed by atoms with Gasteiger partial charge in [-0.3, -0.25) is 14.5 Å². The van der Waals surface area contributed by atoms with Gasteiger partial charge in [0.25, 0.3) is 0 Å². The molecule has 170 valence electrons. The summed E-state index contributed by atoms with van der Waals surface area (Å²) in [6, 6.07) is 2.83. The monoisotopic (exact) mass is 433 g/mol. The Labute approximate surface area is 183 Å². The predicted octanol–water partition coefficient (Wildman–Crippen LogP) is 4.05. The van der Waals surface area contributed by atoms with Crippen molar-refractivity contribution >= 4 is 17.5 Å². The smallest absolute Gasteiger partial charge is 0.230 e. The van der Waals surface area contributed by atoms with Crippen molar-refractivity contribution in [2.45, 2.75) is 64.6 Å². The molecular formula is C24H33F2N3O2. The Morgan fingerprint density at radius 2 is 1.74 bits per heavy atom. The standard InChI is InChI=1S/C24H33F2N3O2/c1-16-18(13-19(25)14-22(16)27-23(30)20-7-4-8-21(20)26)15-28-9-11-29(12-10-28)24(31)17-5-2-3-6-17/h13-14,17,20-21H,2-12,15H2,1H3,(H,27,30). The molecule has 2 saturated carbocycles. The highest BCUT2D eigenvalue weighted by Gasteiger charge is 2.33. The molecule has 1 aromatic rings. The summed E-state index contributed by atoms with van der Waals surface area (Å²) in [7, 11) is 0. The summed E-state index contributed by atoms with van der Waals surface area (Å²) < 4.78 is 28.2. The Balaban J connectivity index is 1.36. The summed E-state index contributed by atoms with van der Waals surface area (Å²) in [5.74, 6) is -0.913. The van der Waals surface area contributed by atoms with Gasteiger partial charge >= 0.3 is 0 Å². The van der Waals surface area contributed by atoms with E-state index in [1.54, 1.807) is 0 Å². The molecule has 2 amide bonds. The lowest BCUT2D eigenvalue weighted by Gasteiger charge is -2.36. The van der Waals surface area contributed by atoms with Gasteiger partial charge in [0.05, 0.1) is 5.92 Å². The van der Waals surface area contributed by atoms with Crippen LogP contribution in [0.2, 0.25) is 0 Å². The summed E-state index contributed by atoms with van der Waals surface area (Å²) in [4.78, 5) is 29.3. The van der Waals surface area contributed by atoms with Crippen LogP contribution in [-0.2, 0) is 16.1 Å². The highest BCUT2D eigenvalue weighted by Crippen LogP contribution is 2.31. The first-order valence-electron chi connectivity index (χ1n) is 11.7. The van der Waals surface area contributed by atoms with Gasteiger partial charge in [0.15, 0.2) is 0 Å². The average Bonchev–Trinajstić information content (AvgIpc) is 3.43. The molecule has 1 saturated heterocycles. The molecular weight excluding hydrogens is 400 g/mol. The number of nitrogens with one attached hydrogen (secondary N) is 1. The van der Waals surface area contributed by atoms with Crippen molar-refractivity contribution in [2.24, 2.45) is 11.8 Å². The molecule has 4 rings (SSSR count). The summed E-state index contributed by atoms with van der Waals surface area (Å²) >= 11 is 0. The van der Waals surface area contributed by atoms with E-state index < -0.39 is 17.9 Å². The van der Waals surface area contributed by atoms with Crippen molar-refractivity contribution in [3.8, 4) is 0 Å². The second kappa shape index (κ2) is 9.63. The van der Waals surface area contributed by atoms with Gasteiger partial charge in [0.1, 0.15) is 12.0 Å². The first kappa shape index (κ1) is 22.2. The molecule has 2 unspecified atom stereocenters. The predicted molar refractivity (Wildman–Crippen MR) is 116 cm³/mol. The van der Waals surface area contributed by atoms with E-state index in [2.05, 4.69) is 10.2 Å². The molecule has 0 spiro atoms. The molecule has 2 atom stereocenters. The van der Waals surface area contributed by atoms with E-state index in [1.165, 1.54) is 12.1 Å². The minimum Gasteiger partial charge on any atom is -0.340 e. The van der Waals surface area contributed by atoms with E-state index >= 15 is 0 Å². The van der Waals surface area contributed by atoms with Crippen LogP contribution in [0.5, 0.6) is 0 Å². The molecule has 1 heterocycles. The molecule has 3 fully saturated rings. The van der Waals surface area contributed by atoms with Crippen LogP contribution < -0.4 is 5.32 Å². The van der Waals surface area contributed by atoms with Gasteiger partial charge < -0.3 is 10.2 Å². The number of halogens is 2. The molecule has 0 bridgehead atoms. The fraction of sp³-hybridized carbons (Fsp3) is 0.667. The molecule has 31 heavy (non-hydrogen) atoms. The van der Waals surface area contributed by atoms with Gasteiger partial charge in [-0.2, -0.15) is 0 Å². The second-order valence-corrected chi connectivity index (χ2v) is 9.36. The Hall–Kier alpha value is -2.02. The summed E-state index contributed by atoms with van der Waals surface area (Å²) in [6.07, 6.45) is 4.89. The van der Waals surface area contributed by atoms with Crippen LogP contribution in [0.3, 0.4) is 0 Å². The van der Waals surface area contributed by atoms with Crippen LogP contribution in [0.1, 0.15) is 56.1 Å². The lowest BCUT2D eigenvalue weighted by Crippen LogP contribution is -2.49. The zero-order valence-electron chi connectivity index (χ0n) is 18.3. The molecule has 5 nitrogen and oxygen atoms in total. The van der Waals surface area contributed by atoms with E-state index in [4.69, 9.17) is 0 Å². The van der Waals surface area contributed by atoms with Crippen molar-refractivity contribution in [1.82, 2.24) is 9.80 Å². The Kier molecular flexibility index (Phi) is 6.89. The average molecular weight is 434 g/mol. The molecule has 7 heteroatoms. The fourth-order valence-corrected chi connectivity index (χ4v) is 5.26. The normalized spacial score (nSPS) is 25.2.